The SMILES string of the molecule is CCCc1cc2c(N3CCn4c(nnc4C(F)(F)F)C3)nc(N3CC/C(=N/OCc4ccccc4)C3)nc2s1. The van der Waals surface area contributed by atoms with Crippen LogP contribution < -0.4 is 9.80 Å². The fraction of sp³-hybridized carbons (Fsp3) is 0.423. The molecule has 0 spiro atoms. The smallest absolute Gasteiger partial charge is 0.391 e. The number of hydrogen-bond donors (Lipinski definition) is 0. The van der Waals surface area contributed by atoms with Gasteiger partial charge in [-0.15, -0.1) is 21.5 Å². The first-order chi connectivity index (χ1) is 18.9. The molecule has 1 aromatic carbocycles. The van der Waals surface area contributed by atoms with Gasteiger partial charge in [-0.3, -0.25) is 0 Å². The molecule has 39 heavy (non-hydrogen) atoms. The standard InChI is InChI=1S/C26H27F3N8OS/c1-2-6-19-13-20-22(35-11-12-37-21(15-35)32-33-24(37)26(27,28)29)30-25(31-23(20)39-19)36-10-9-18(14-36)34-38-16-17-7-4-3-5-8-17/h3-5,7-8,13H,2,6,9-12,14-16H2,1H3/b34-18-. The molecule has 0 N–H and O–H groups in total. The third-order valence-corrected chi connectivity index (χ3v) is 7.90. The third-order valence-electron chi connectivity index (χ3n) is 6.81. The largest absolute Gasteiger partial charge is 0.451 e. The lowest BCUT2D eigenvalue weighted by atomic mass is 10.2. The molecule has 0 bridgehead atoms. The molecule has 0 unspecified atom stereocenters. The Hall–Kier alpha value is -3.74. The van der Waals surface area contributed by atoms with Crippen LogP contribution in [0.1, 0.15) is 41.9 Å². The number of rotatable bonds is 7. The first-order valence-corrected chi connectivity index (χ1v) is 13.7. The van der Waals surface area contributed by atoms with Crippen LogP contribution in [0.15, 0.2) is 41.6 Å². The van der Waals surface area contributed by atoms with E-state index in [1.807, 2.05) is 35.2 Å². The Labute approximate surface area is 226 Å². The summed E-state index contributed by atoms with van der Waals surface area (Å²) in [5.74, 6) is 0.614. The molecule has 6 rings (SSSR count). The van der Waals surface area contributed by atoms with E-state index in [4.69, 9.17) is 14.8 Å². The Morgan fingerprint density at radius 1 is 1.03 bits per heavy atom. The lowest BCUT2D eigenvalue weighted by Gasteiger charge is -2.30. The quantitative estimate of drug-likeness (QED) is 0.294. The van der Waals surface area contributed by atoms with Gasteiger partial charge in [0.15, 0.2) is 5.82 Å². The van der Waals surface area contributed by atoms with Gasteiger partial charge in [-0.05, 0) is 18.1 Å². The van der Waals surface area contributed by atoms with Gasteiger partial charge in [0.1, 0.15) is 17.3 Å². The zero-order chi connectivity index (χ0) is 27.0. The van der Waals surface area contributed by atoms with Gasteiger partial charge in [-0.2, -0.15) is 18.2 Å². The number of nitrogens with zero attached hydrogens (tertiary/aromatic N) is 8. The molecule has 0 amide bonds. The maximum absolute atomic E-state index is 13.4. The van der Waals surface area contributed by atoms with E-state index in [0.717, 1.165) is 45.3 Å². The number of hydrogen-bond acceptors (Lipinski definition) is 9. The molecule has 3 aromatic heterocycles. The minimum Gasteiger partial charge on any atom is -0.391 e. The van der Waals surface area contributed by atoms with Crippen molar-refractivity contribution in [2.24, 2.45) is 5.16 Å². The summed E-state index contributed by atoms with van der Waals surface area (Å²) in [6.45, 7) is 4.46. The number of fused-ring (bicyclic) bond motifs is 2. The Morgan fingerprint density at radius 3 is 2.67 bits per heavy atom. The molecule has 0 atom stereocenters. The molecule has 5 heterocycles. The molecular formula is C26H27F3N8OS. The van der Waals surface area contributed by atoms with Crippen LogP contribution in [0.3, 0.4) is 0 Å². The van der Waals surface area contributed by atoms with E-state index in [2.05, 4.69) is 33.2 Å². The van der Waals surface area contributed by atoms with Crippen LogP contribution in [0.4, 0.5) is 24.9 Å². The van der Waals surface area contributed by atoms with Crippen molar-refractivity contribution in [3.8, 4) is 0 Å². The van der Waals surface area contributed by atoms with Gasteiger partial charge < -0.3 is 19.2 Å². The molecular weight excluding hydrogens is 529 g/mol. The highest BCUT2D eigenvalue weighted by Gasteiger charge is 2.40. The third kappa shape index (κ3) is 5.27. The van der Waals surface area contributed by atoms with E-state index in [0.29, 0.717) is 38.0 Å². The summed E-state index contributed by atoms with van der Waals surface area (Å²) in [6.07, 6.45) is -1.86. The van der Waals surface area contributed by atoms with Crippen molar-refractivity contribution in [1.29, 1.82) is 0 Å². The van der Waals surface area contributed by atoms with Crippen LogP contribution in [-0.2, 0) is 37.1 Å². The van der Waals surface area contributed by atoms with Crippen LogP contribution in [-0.4, -0.2) is 50.1 Å². The zero-order valence-corrected chi connectivity index (χ0v) is 22.2. The van der Waals surface area contributed by atoms with Crippen molar-refractivity contribution in [3.63, 3.8) is 0 Å². The Bertz CT molecular complexity index is 1500. The van der Waals surface area contributed by atoms with E-state index in [9.17, 15) is 13.2 Å². The Morgan fingerprint density at radius 2 is 1.87 bits per heavy atom. The lowest BCUT2D eigenvalue weighted by Crippen LogP contribution is -2.36. The molecule has 1 saturated heterocycles. The number of anilines is 2. The number of aromatic nitrogens is 5. The van der Waals surface area contributed by atoms with Gasteiger partial charge >= 0.3 is 6.18 Å². The predicted octanol–water partition coefficient (Wildman–Crippen LogP) is 5.06. The fourth-order valence-electron chi connectivity index (χ4n) is 4.91. The number of aryl methyl sites for hydroxylation is 1. The molecule has 9 nitrogen and oxygen atoms in total. The number of halogens is 3. The van der Waals surface area contributed by atoms with Gasteiger partial charge in [0.05, 0.1) is 24.2 Å². The topological polar surface area (TPSA) is 84.6 Å². The number of benzene rings is 1. The van der Waals surface area contributed by atoms with Crippen LogP contribution in [0, 0.1) is 0 Å². The van der Waals surface area contributed by atoms with Crippen molar-refractivity contribution in [2.45, 2.75) is 52.1 Å². The van der Waals surface area contributed by atoms with Crippen molar-refractivity contribution in [2.75, 3.05) is 29.4 Å². The minimum absolute atomic E-state index is 0.128. The van der Waals surface area contributed by atoms with Gasteiger partial charge in [0.25, 0.3) is 0 Å². The highest BCUT2D eigenvalue weighted by Crippen LogP contribution is 2.36. The summed E-state index contributed by atoms with van der Waals surface area (Å²) >= 11 is 1.64. The summed E-state index contributed by atoms with van der Waals surface area (Å²) in [4.78, 5) is 21.5. The molecule has 4 aromatic rings. The molecule has 13 heteroatoms. The highest BCUT2D eigenvalue weighted by molar-refractivity contribution is 7.18. The van der Waals surface area contributed by atoms with Crippen molar-refractivity contribution in [1.82, 2.24) is 24.7 Å². The zero-order valence-electron chi connectivity index (χ0n) is 21.4. The summed E-state index contributed by atoms with van der Waals surface area (Å²) < 4.78 is 41.2. The van der Waals surface area contributed by atoms with Gasteiger partial charge in [-0.1, -0.05) is 48.8 Å². The Kier molecular flexibility index (Phi) is 6.83. The Balaban J connectivity index is 1.26. The first-order valence-electron chi connectivity index (χ1n) is 12.9. The monoisotopic (exact) mass is 556 g/mol. The summed E-state index contributed by atoms with van der Waals surface area (Å²) in [5.41, 5.74) is 1.97. The summed E-state index contributed by atoms with van der Waals surface area (Å²) in [5, 5.41) is 12.5. The van der Waals surface area contributed by atoms with Gasteiger partial charge in [0.2, 0.25) is 11.8 Å². The average molecular weight is 557 g/mol. The van der Waals surface area contributed by atoms with Gasteiger partial charge in [-0.25, -0.2) is 4.98 Å². The number of thiophene rings is 1. The van der Waals surface area contributed by atoms with E-state index < -0.39 is 12.0 Å². The number of alkyl halides is 3. The summed E-state index contributed by atoms with van der Waals surface area (Å²) in [6, 6.07) is 12.0. The maximum atomic E-state index is 13.4. The highest BCUT2D eigenvalue weighted by atomic mass is 32.1. The van der Waals surface area contributed by atoms with Crippen LogP contribution >= 0.6 is 11.3 Å². The van der Waals surface area contributed by atoms with E-state index in [-0.39, 0.29) is 18.9 Å². The van der Waals surface area contributed by atoms with E-state index in [1.54, 1.807) is 11.3 Å². The summed E-state index contributed by atoms with van der Waals surface area (Å²) in [7, 11) is 0. The molecule has 0 radical (unpaired) electrons. The van der Waals surface area contributed by atoms with Crippen LogP contribution in [0.25, 0.3) is 10.2 Å². The molecule has 2 aliphatic heterocycles. The minimum atomic E-state index is -4.54. The second-order valence-corrected chi connectivity index (χ2v) is 10.7. The molecule has 0 aliphatic carbocycles. The second kappa shape index (κ2) is 10.4. The first kappa shape index (κ1) is 25.5. The van der Waals surface area contributed by atoms with E-state index in [1.165, 1.54) is 4.88 Å². The van der Waals surface area contributed by atoms with Crippen LogP contribution in [0.5, 0.6) is 0 Å². The molecule has 2 aliphatic rings. The number of oxime groups is 1. The maximum Gasteiger partial charge on any atom is 0.451 e. The molecule has 1 fully saturated rings. The van der Waals surface area contributed by atoms with E-state index >= 15 is 0 Å². The van der Waals surface area contributed by atoms with Gasteiger partial charge in [0, 0.05) is 30.9 Å². The lowest BCUT2D eigenvalue weighted by molar-refractivity contribution is -0.147. The molecule has 0 saturated carbocycles. The predicted molar refractivity (Wildman–Crippen MR) is 143 cm³/mol. The normalized spacial score (nSPS) is 16.9. The molecule has 204 valence electrons. The van der Waals surface area contributed by atoms with Crippen LogP contribution in [0.2, 0.25) is 0 Å². The van der Waals surface area contributed by atoms with Crippen molar-refractivity contribution in [3.05, 3.63) is 58.5 Å². The average Bonchev–Trinajstić information content (AvgIpc) is 3.66. The second-order valence-electron chi connectivity index (χ2n) is 9.63. The van der Waals surface area contributed by atoms with Crippen molar-refractivity contribution < 1.29 is 18.0 Å². The fourth-order valence-corrected chi connectivity index (χ4v) is 6.02. The van der Waals surface area contributed by atoms with Crippen molar-refractivity contribution >= 4 is 39.0 Å².